The van der Waals surface area contributed by atoms with Crippen molar-refractivity contribution < 1.29 is 27.9 Å². The van der Waals surface area contributed by atoms with Crippen molar-refractivity contribution in [2.75, 3.05) is 13.7 Å². The second-order valence-electron chi connectivity index (χ2n) is 5.80. The highest BCUT2D eigenvalue weighted by Crippen LogP contribution is 2.22. The smallest absolute Gasteiger partial charge is 0.336 e. The average molecular weight is 385 g/mol. The molecule has 3 aromatic rings. The standard InChI is InChI=1S/C20H16FNO6/c1-26-15-6-7-16-13(8-18(23)28-17(16)9-15)11-27-19(24)10-22-20(25)12-2-4-14(21)5-3-12/h2-9H,10-11H2,1H3,(H,22,25). The van der Waals surface area contributed by atoms with Gasteiger partial charge in [-0.2, -0.15) is 0 Å². The monoisotopic (exact) mass is 385 g/mol. The fourth-order valence-electron chi connectivity index (χ4n) is 2.52. The number of amides is 1. The van der Waals surface area contributed by atoms with Crippen LogP contribution in [0.5, 0.6) is 5.75 Å². The van der Waals surface area contributed by atoms with Gasteiger partial charge in [-0.3, -0.25) is 9.59 Å². The Bertz CT molecular complexity index is 1070. The van der Waals surface area contributed by atoms with Crippen LogP contribution in [0.4, 0.5) is 4.39 Å². The van der Waals surface area contributed by atoms with E-state index in [-0.39, 0.29) is 18.7 Å². The molecule has 3 rings (SSSR count). The van der Waals surface area contributed by atoms with Gasteiger partial charge in [-0.25, -0.2) is 9.18 Å². The van der Waals surface area contributed by atoms with Gasteiger partial charge >= 0.3 is 11.6 Å². The number of hydrogen-bond acceptors (Lipinski definition) is 6. The van der Waals surface area contributed by atoms with Gasteiger partial charge in [0.25, 0.3) is 5.91 Å². The summed E-state index contributed by atoms with van der Waals surface area (Å²) in [4.78, 5) is 35.5. The molecule has 0 aliphatic rings. The van der Waals surface area contributed by atoms with Gasteiger partial charge in [-0.1, -0.05) is 0 Å². The van der Waals surface area contributed by atoms with Gasteiger partial charge in [0.2, 0.25) is 0 Å². The van der Waals surface area contributed by atoms with Crippen molar-refractivity contribution in [1.29, 1.82) is 0 Å². The molecular formula is C20H16FNO6. The number of rotatable bonds is 6. The number of fused-ring (bicyclic) bond motifs is 1. The van der Waals surface area contributed by atoms with E-state index in [2.05, 4.69) is 5.32 Å². The van der Waals surface area contributed by atoms with E-state index in [0.717, 1.165) is 12.1 Å². The zero-order valence-electron chi connectivity index (χ0n) is 14.9. The van der Waals surface area contributed by atoms with Crippen LogP contribution in [0.2, 0.25) is 0 Å². The average Bonchev–Trinajstić information content (AvgIpc) is 2.70. The lowest BCUT2D eigenvalue weighted by Crippen LogP contribution is -2.30. The molecule has 1 N–H and O–H groups in total. The van der Waals surface area contributed by atoms with E-state index < -0.39 is 23.3 Å². The molecule has 1 aromatic heterocycles. The fourth-order valence-corrected chi connectivity index (χ4v) is 2.52. The van der Waals surface area contributed by atoms with Gasteiger partial charge in [0.1, 0.15) is 30.3 Å². The number of esters is 1. The summed E-state index contributed by atoms with van der Waals surface area (Å²) >= 11 is 0. The van der Waals surface area contributed by atoms with Crippen molar-refractivity contribution in [2.45, 2.75) is 6.61 Å². The number of ether oxygens (including phenoxy) is 2. The van der Waals surface area contributed by atoms with Crippen LogP contribution in [-0.2, 0) is 16.1 Å². The van der Waals surface area contributed by atoms with E-state index in [0.29, 0.717) is 22.3 Å². The molecule has 0 aliphatic heterocycles. The fraction of sp³-hybridized carbons (Fsp3) is 0.150. The van der Waals surface area contributed by atoms with Gasteiger partial charge in [-0.15, -0.1) is 0 Å². The quantitative estimate of drug-likeness (QED) is 0.517. The van der Waals surface area contributed by atoms with Crippen molar-refractivity contribution in [1.82, 2.24) is 5.32 Å². The first-order chi connectivity index (χ1) is 13.5. The molecule has 0 atom stereocenters. The molecule has 144 valence electrons. The Kier molecular flexibility index (Phi) is 5.69. The summed E-state index contributed by atoms with van der Waals surface area (Å²) in [6.07, 6.45) is 0. The summed E-state index contributed by atoms with van der Waals surface area (Å²) in [6, 6.07) is 11.1. The Morgan fingerprint density at radius 3 is 2.57 bits per heavy atom. The molecule has 2 aromatic carbocycles. The number of hydrogen-bond donors (Lipinski definition) is 1. The molecule has 1 amide bonds. The molecule has 0 bridgehead atoms. The molecule has 0 unspecified atom stereocenters. The normalized spacial score (nSPS) is 10.5. The summed E-state index contributed by atoms with van der Waals surface area (Å²) in [6.45, 7) is -0.539. The lowest BCUT2D eigenvalue weighted by Gasteiger charge is -2.09. The third kappa shape index (κ3) is 4.53. The molecule has 0 radical (unpaired) electrons. The molecular weight excluding hydrogens is 369 g/mol. The van der Waals surface area contributed by atoms with Crippen molar-refractivity contribution in [3.05, 3.63) is 75.9 Å². The molecule has 0 spiro atoms. The third-order valence-corrected chi connectivity index (χ3v) is 3.93. The predicted molar refractivity (Wildman–Crippen MR) is 97.6 cm³/mol. The van der Waals surface area contributed by atoms with Gasteiger partial charge in [0.15, 0.2) is 0 Å². The van der Waals surface area contributed by atoms with E-state index in [9.17, 15) is 18.8 Å². The lowest BCUT2D eigenvalue weighted by molar-refractivity contribution is -0.143. The molecule has 28 heavy (non-hydrogen) atoms. The maximum Gasteiger partial charge on any atom is 0.336 e. The summed E-state index contributed by atoms with van der Waals surface area (Å²) in [5.41, 5.74) is 0.404. The second kappa shape index (κ2) is 8.34. The molecule has 7 nitrogen and oxygen atoms in total. The summed E-state index contributed by atoms with van der Waals surface area (Å²) in [7, 11) is 1.49. The number of nitrogens with one attached hydrogen (secondary N) is 1. The summed E-state index contributed by atoms with van der Waals surface area (Å²) in [5.74, 6) is -1.17. The van der Waals surface area contributed by atoms with Crippen molar-refractivity contribution in [2.24, 2.45) is 0 Å². The summed E-state index contributed by atoms with van der Waals surface area (Å²) < 4.78 is 28.2. The minimum absolute atomic E-state index is 0.167. The van der Waals surface area contributed by atoms with Gasteiger partial charge < -0.3 is 19.2 Å². The maximum atomic E-state index is 12.9. The predicted octanol–water partition coefficient (Wildman–Crippen LogP) is 2.41. The highest BCUT2D eigenvalue weighted by atomic mass is 19.1. The van der Waals surface area contributed by atoms with E-state index >= 15 is 0 Å². The third-order valence-electron chi connectivity index (χ3n) is 3.93. The zero-order chi connectivity index (χ0) is 20.1. The van der Waals surface area contributed by atoms with Crippen LogP contribution in [0.1, 0.15) is 15.9 Å². The Morgan fingerprint density at radius 2 is 1.86 bits per heavy atom. The lowest BCUT2D eigenvalue weighted by atomic mass is 10.1. The topological polar surface area (TPSA) is 94.8 Å². The van der Waals surface area contributed by atoms with Crippen LogP contribution in [0.3, 0.4) is 0 Å². The van der Waals surface area contributed by atoms with Crippen molar-refractivity contribution >= 4 is 22.8 Å². The van der Waals surface area contributed by atoms with Crippen LogP contribution in [0.15, 0.2) is 57.7 Å². The van der Waals surface area contributed by atoms with Crippen molar-refractivity contribution in [3.8, 4) is 5.75 Å². The molecule has 0 saturated heterocycles. The Hall–Kier alpha value is -3.68. The van der Waals surface area contributed by atoms with Gasteiger partial charge in [0, 0.05) is 28.6 Å². The Balaban J connectivity index is 1.62. The maximum absolute atomic E-state index is 12.9. The molecule has 8 heteroatoms. The molecule has 0 saturated carbocycles. The van der Waals surface area contributed by atoms with Crippen LogP contribution < -0.4 is 15.7 Å². The molecule has 1 heterocycles. The minimum atomic E-state index is -0.689. The number of carbonyl (C=O) groups is 2. The summed E-state index contributed by atoms with van der Waals surface area (Å²) in [5, 5.41) is 2.99. The van der Waals surface area contributed by atoms with Gasteiger partial charge in [0.05, 0.1) is 7.11 Å². The Morgan fingerprint density at radius 1 is 1.11 bits per heavy atom. The van der Waals surface area contributed by atoms with Crippen LogP contribution in [0.25, 0.3) is 11.0 Å². The number of halogens is 1. The largest absolute Gasteiger partial charge is 0.497 e. The van der Waals surface area contributed by atoms with E-state index in [1.54, 1.807) is 18.2 Å². The number of benzene rings is 2. The first kappa shape index (κ1) is 19.1. The number of methoxy groups -OCH3 is 1. The molecule has 0 aliphatic carbocycles. The van der Waals surface area contributed by atoms with E-state index in [4.69, 9.17) is 13.9 Å². The SMILES string of the molecule is COc1ccc2c(COC(=O)CNC(=O)c3ccc(F)cc3)cc(=O)oc2c1. The van der Waals surface area contributed by atoms with Crippen molar-refractivity contribution in [3.63, 3.8) is 0 Å². The van der Waals surface area contributed by atoms with Gasteiger partial charge in [-0.05, 0) is 36.4 Å². The second-order valence-corrected chi connectivity index (χ2v) is 5.80. The first-order valence-corrected chi connectivity index (χ1v) is 8.26. The molecule has 0 fully saturated rings. The number of carbonyl (C=O) groups excluding carboxylic acids is 2. The van der Waals surface area contributed by atoms with E-state index in [1.165, 1.54) is 25.3 Å². The Labute approximate surface area is 158 Å². The van der Waals surface area contributed by atoms with Crippen LogP contribution in [0, 0.1) is 5.82 Å². The van der Waals surface area contributed by atoms with Crippen LogP contribution in [-0.4, -0.2) is 25.5 Å². The highest BCUT2D eigenvalue weighted by Gasteiger charge is 2.12. The van der Waals surface area contributed by atoms with Crippen LogP contribution >= 0.6 is 0 Å². The first-order valence-electron chi connectivity index (χ1n) is 8.26. The minimum Gasteiger partial charge on any atom is -0.497 e. The zero-order valence-corrected chi connectivity index (χ0v) is 14.9. The highest BCUT2D eigenvalue weighted by molar-refractivity contribution is 5.95. The van der Waals surface area contributed by atoms with E-state index in [1.807, 2.05) is 0 Å².